The predicted octanol–water partition coefficient (Wildman–Crippen LogP) is 3.43. The monoisotopic (exact) mass is 434 g/mol. The van der Waals surface area contributed by atoms with Gasteiger partial charge in [-0.05, 0) is 43.5 Å². The summed E-state index contributed by atoms with van der Waals surface area (Å²) in [6.45, 7) is 1.68. The van der Waals surface area contributed by atoms with E-state index < -0.39 is 10.8 Å². The van der Waals surface area contributed by atoms with E-state index in [1.54, 1.807) is 31.2 Å². The number of carbonyl (C=O) groups is 3. The number of carbonyl (C=O) groups excluding carboxylic acids is 3. The minimum Gasteiger partial charge on any atom is -0.274 e. The van der Waals surface area contributed by atoms with Gasteiger partial charge in [0, 0.05) is 6.07 Å². The van der Waals surface area contributed by atoms with Gasteiger partial charge in [0.15, 0.2) is 0 Å². The molecule has 2 aromatic carbocycles. The van der Waals surface area contributed by atoms with Gasteiger partial charge >= 0.3 is 0 Å². The van der Waals surface area contributed by atoms with Gasteiger partial charge in [-0.2, -0.15) is 5.10 Å². The molecule has 1 N–H and O–H groups in total. The molecule has 32 heavy (non-hydrogen) atoms. The third-order valence-corrected chi connectivity index (χ3v) is 6.05. The molecule has 1 saturated carbocycles. The van der Waals surface area contributed by atoms with Gasteiger partial charge in [0.05, 0.1) is 28.2 Å². The van der Waals surface area contributed by atoms with Gasteiger partial charge in [-0.3, -0.25) is 29.4 Å². The number of anilines is 1. The highest BCUT2D eigenvalue weighted by atomic mass is 16.6. The van der Waals surface area contributed by atoms with Crippen LogP contribution in [0.4, 0.5) is 11.4 Å². The molecule has 9 nitrogen and oxygen atoms in total. The van der Waals surface area contributed by atoms with Crippen LogP contribution in [0.25, 0.3) is 0 Å². The van der Waals surface area contributed by atoms with Crippen molar-refractivity contribution in [1.29, 1.82) is 0 Å². The lowest BCUT2D eigenvalue weighted by atomic mass is 9.81. The number of fused-ring (bicyclic) bond motifs is 1. The number of nitro groups is 1. The number of amides is 3. The molecule has 4 rings (SSSR count). The predicted molar refractivity (Wildman–Crippen MR) is 117 cm³/mol. The maximum absolute atomic E-state index is 12.7. The lowest BCUT2D eigenvalue weighted by molar-refractivity contribution is -0.385. The quantitative estimate of drug-likeness (QED) is 0.334. The number of hydrogen-bond donors (Lipinski definition) is 1. The molecule has 9 heteroatoms. The van der Waals surface area contributed by atoms with Crippen molar-refractivity contribution in [1.82, 2.24) is 5.43 Å². The summed E-state index contributed by atoms with van der Waals surface area (Å²) in [5, 5.41) is 15.1. The second kappa shape index (κ2) is 8.70. The lowest BCUT2D eigenvalue weighted by Crippen LogP contribution is -2.30. The summed E-state index contributed by atoms with van der Waals surface area (Å²) in [6, 6.07) is 12.4. The number of nitrogens with one attached hydrogen (secondary N) is 1. The third kappa shape index (κ3) is 3.89. The Bertz CT molecular complexity index is 1100. The van der Waals surface area contributed by atoms with Gasteiger partial charge in [-0.25, -0.2) is 5.43 Å². The number of hydrogen-bond acceptors (Lipinski definition) is 6. The van der Waals surface area contributed by atoms with Gasteiger partial charge in [0.1, 0.15) is 5.56 Å². The largest absolute Gasteiger partial charge is 0.282 e. The van der Waals surface area contributed by atoms with Crippen LogP contribution in [0.15, 0.2) is 53.6 Å². The lowest BCUT2D eigenvalue weighted by Gasteiger charge is -2.19. The Kier molecular flexibility index (Phi) is 5.81. The minimum absolute atomic E-state index is 0.0862. The summed E-state index contributed by atoms with van der Waals surface area (Å²) >= 11 is 0. The molecule has 0 unspecified atom stereocenters. The van der Waals surface area contributed by atoms with E-state index in [1.165, 1.54) is 29.2 Å². The molecule has 0 bridgehead atoms. The zero-order chi connectivity index (χ0) is 22.8. The van der Waals surface area contributed by atoms with Crippen molar-refractivity contribution in [3.63, 3.8) is 0 Å². The third-order valence-electron chi connectivity index (χ3n) is 6.05. The summed E-state index contributed by atoms with van der Waals surface area (Å²) in [6.07, 6.45) is 3.46. The van der Waals surface area contributed by atoms with Crippen molar-refractivity contribution in [2.45, 2.75) is 32.6 Å². The van der Waals surface area contributed by atoms with Crippen LogP contribution < -0.4 is 10.3 Å². The van der Waals surface area contributed by atoms with E-state index in [2.05, 4.69) is 10.5 Å². The first-order valence-electron chi connectivity index (χ1n) is 10.4. The molecule has 0 radical (unpaired) electrons. The average molecular weight is 434 g/mol. The second-order valence-electron chi connectivity index (χ2n) is 7.97. The van der Waals surface area contributed by atoms with Crippen LogP contribution in [0.5, 0.6) is 0 Å². The van der Waals surface area contributed by atoms with Crippen molar-refractivity contribution in [3.8, 4) is 0 Å². The van der Waals surface area contributed by atoms with Crippen molar-refractivity contribution in [2.75, 3.05) is 4.90 Å². The molecule has 3 amide bonds. The number of rotatable bonds is 5. The maximum atomic E-state index is 12.7. The fourth-order valence-corrected chi connectivity index (χ4v) is 4.35. The fraction of sp³-hybridized carbons (Fsp3) is 0.304. The van der Waals surface area contributed by atoms with Crippen LogP contribution in [-0.2, 0) is 9.59 Å². The molecule has 2 aromatic rings. The molecule has 1 aliphatic carbocycles. The summed E-state index contributed by atoms with van der Waals surface area (Å²) in [7, 11) is 0. The SMILES string of the molecule is C/C(=N\NC(=O)c1ccccc1[N+](=O)[O-])c1ccc(N2C(=O)[C@H]3CCCC[C@H]3C2=O)cc1. The van der Waals surface area contributed by atoms with E-state index in [4.69, 9.17) is 0 Å². The van der Waals surface area contributed by atoms with Crippen LogP contribution in [0.3, 0.4) is 0 Å². The molecular formula is C23H22N4O5. The Balaban J connectivity index is 1.48. The smallest absolute Gasteiger partial charge is 0.274 e. The molecule has 1 aliphatic heterocycles. The molecule has 0 aromatic heterocycles. The summed E-state index contributed by atoms with van der Waals surface area (Å²) < 4.78 is 0. The van der Waals surface area contributed by atoms with Crippen molar-refractivity contribution < 1.29 is 19.3 Å². The van der Waals surface area contributed by atoms with Crippen LogP contribution in [0.2, 0.25) is 0 Å². The Morgan fingerprint density at radius 1 is 1.03 bits per heavy atom. The maximum Gasteiger partial charge on any atom is 0.282 e. The Morgan fingerprint density at radius 2 is 1.62 bits per heavy atom. The zero-order valence-electron chi connectivity index (χ0n) is 17.5. The Morgan fingerprint density at radius 3 is 2.22 bits per heavy atom. The molecule has 2 fully saturated rings. The number of hydrazone groups is 1. The van der Waals surface area contributed by atoms with Crippen LogP contribution in [0.1, 0.15) is 48.5 Å². The summed E-state index contributed by atoms with van der Waals surface area (Å²) in [5.41, 5.74) is 3.61. The van der Waals surface area contributed by atoms with Crippen molar-refractivity contribution >= 4 is 34.8 Å². The highest BCUT2D eigenvalue weighted by Gasteiger charge is 2.48. The van der Waals surface area contributed by atoms with Gasteiger partial charge in [0.2, 0.25) is 11.8 Å². The number of imide groups is 1. The van der Waals surface area contributed by atoms with Crippen LogP contribution in [-0.4, -0.2) is 28.4 Å². The second-order valence-corrected chi connectivity index (χ2v) is 7.97. The van der Waals surface area contributed by atoms with E-state index in [9.17, 15) is 24.5 Å². The van der Waals surface area contributed by atoms with Gasteiger partial charge < -0.3 is 0 Å². The van der Waals surface area contributed by atoms with Crippen LogP contribution >= 0.6 is 0 Å². The molecule has 1 heterocycles. The van der Waals surface area contributed by atoms with Gasteiger partial charge in [0.25, 0.3) is 11.6 Å². The first-order chi connectivity index (χ1) is 15.4. The van der Waals surface area contributed by atoms with E-state index in [1.807, 2.05) is 0 Å². The van der Waals surface area contributed by atoms with E-state index in [0.717, 1.165) is 25.7 Å². The Labute approximate surface area is 184 Å². The van der Waals surface area contributed by atoms with Crippen molar-refractivity contribution in [2.24, 2.45) is 16.9 Å². The standard InChI is InChI=1S/C23H22N4O5/c1-14(24-25-21(28)19-8-4-5-9-20(19)27(31)32)15-10-12-16(13-11-15)26-22(29)17-6-2-3-7-18(17)23(26)30/h4-5,8-13,17-18H,2-3,6-7H2,1H3,(H,25,28)/b24-14+/t17-,18+. The van der Waals surface area contributed by atoms with E-state index in [0.29, 0.717) is 17.0 Å². The van der Waals surface area contributed by atoms with Crippen LogP contribution in [0, 0.1) is 22.0 Å². The normalized spacial score (nSPS) is 20.8. The topological polar surface area (TPSA) is 122 Å². The van der Waals surface area contributed by atoms with Gasteiger partial charge in [-0.1, -0.05) is 37.1 Å². The number of para-hydroxylation sites is 1. The molecule has 2 aliphatic rings. The average Bonchev–Trinajstić information content (AvgIpc) is 3.07. The molecule has 0 spiro atoms. The highest BCUT2D eigenvalue weighted by Crippen LogP contribution is 2.40. The molecular weight excluding hydrogens is 412 g/mol. The minimum atomic E-state index is -0.691. The van der Waals surface area contributed by atoms with Crippen molar-refractivity contribution in [3.05, 3.63) is 69.8 Å². The number of nitrogens with zero attached hydrogens (tertiary/aromatic N) is 3. The summed E-state index contributed by atoms with van der Waals surface area (Å²) in [4.78, 5) is 49.6. The van der Waals surface area contributed by atoms with Gasteiger partial charge in [-0.15, -0.1) is 0 Å². The molecule has 164 valence electrons. The first-order valence-corrected chi connectivity index (χ1v) is 10.4. The number of nitro benzene ring substituents is 1. The fourth-order valence-electron chi connectivity index (χ4n) is 4.35. The molecule has 2 atom stereocenters. The van der Waals surface area contributed by atoms with E-state index in [-0.39, 0.29) is 34.9 Å². The number of benzene rings is 2. The summed E-state index contributed by atoms with van der Waals surface area (Å²) in [5.74, 6) is -1.37. The Hall–Kier alpha value is -3.88. The molecule has 1 saturated heterocycles. The zero-order valence-corrected chi connectivity index (χ0v) is 17.5. The first kappa shape index (κ1) is 21.4. The highest BCUT2D eigenvalue weighted by molar-refractivity contribution is 6.22. The van der Waals surface area contributed by atoms with E-state index >= 15 is 0 Å².